The number of hydrogen-bond acceptors (Lipinski definition) is 5. The monoisotopic (exact) mass is 220 g/mol. The molecule has 1 aliphatic rings. The zero-order valence-electron chi connectivity index (χ0n) is 9.44. The molecule has 1 rings (SSSR count). The standard InChI is InChI=1S/C10H20O5/c1-9-10(15-9)14-8-7-13-6-5-12-4-3-11-2/h9-10H,3-8H2,1-2H3. The fourth-order valence-electron chi connectivity index (χ4n) is 1.03. The molecule has 15 heavy (non-hydrogen) atoms. The van der Waals surface area contributed by atoms with Gasteiger partial charge in [0.1, 0.15) is 6.10 Å². The van der Waals surface area contributed by atoms with Gasteiger partial charge in [-0.1, -0.05) is 0 Å². The molecule has 0 N–H and O–H groups in total. The molecule has 5 heteroatoms. The molecule has 0 aromatic rings. The summed E-state index contributed by atoms with van der Waals surface area (Å²) in [5.74, 6) is 0. The normalized spacial score (nSPS) is 24.4. The molecule has 1 saturated heterocycles. The zero-order valence-corrected chi connectivity index (χ0v) is 9.44. The first-order chi connectivity index (χ1) is 7.34. The molecular formula is C10H20O5. The van der Waals surface area contributed by atoms with Gasteiger partial charge in [-0.3, -0.25) is 0 Å². The first-order valence-electron chi connectivity index (χ1n) is 5.26. The Kier molecular flexibility index (Phi) is 6.87. The second-order valence-corrected chi connectivity index (χ2v) is 3.30. The fraction of sp³-hybridized carbons (Fsp3) is 1.00. The van der Waals surface area contributed by atoms with E-state index in [1.807, 2.05) is 6.92 Å². The van der Waals surface area contributed by atoms with Crippen LogP contribution in [0.25, 0.3) is 0 Å². The minimum absolute atomic E-state index is 0.00782. The predicted octanol–water partition coefficient (Wildman–Crippen LogP) is 0.427. The van der Waals surface area contributed by atoms with Crippen LogP contribution in [0.5, 0.6) is 0 Å². The lowest BCUT2D eigenvalue weighted by Gasteiger charge is -2.05. The van der Waals surface area contributed by atoms with Gasteiger partial charge in [0.05, 0.1) is 39.6 Å². The van der Waals surface area contributed by atoms with Crippen molar-refractivity contribution in [1.29, 1.82) is 0 Å². The van der Waals surface area contributed by atoms with Crippen molar-refractivity contribution >= 4 is 0 Å². The lowest BCUT2D eigenvalue weighted by atomic mass is 10.5. The highest BCUT2D eigenvalue weighted by Gasteiger charge is 2.34. The Bertz CT molecular complexity index is 153. The van der Waals surface area contributed by atoms with Gasteiger partial charge in [-0.25, -0.2) is 0 Å². The Labute approximate surface area is 90.6 Å². The van der Waals surface area contributed by atoms with Gasteiger partial charge < -0.3 is 23.7 Å². The average molecular weight is 220 g/mol. The lowest BCUT2D eigenvalue weighted by molar-refractivity contribution is -0.0157. The molecule has 0 aromatic carbocycles. The molecule has 1 heterocycles. The van der Waals surface area contributed by atoms with Crippen LogP contribution in [0.2, 0.25) is 0 Å². The highest BCUT2D eigenvalue weighted by atomic mass is 16.8. The highest BCUT2D eigenvalue weighted by molar-refractivity contribution is 4.69. The van der Waals surface area contributed by atoms with Gasteiger partial charge in [-0.15, -0.1) is 0 Å². The van der Waals surface area contributed by atoms with Crippen LogP contribution in [0.3, 0.4) is 0 Å². The van der Waals surface area contributed by atoms with E-state index in [9.17, 15) is 0 Å². The van der Waals surface area contributed by atoms with Gasteiger partial charge in [0, 0.05) is 7.11 Å². The molecule has 0 spiro atoms. The Morgan fingerprint density at radius 3 is 2.00 bits per heavy atom. The van der Waals surface area contributed by atoms with Gasteiger partial charge in [-0.2, -0.15) is 0 Å². The van der Waals surface area contributed by atoms with Crippen molar-refractivity contribution in [3.05, 3.63) is 0 Å². The van der Waals surface area contributed by atoms with E-state index < -0.39 is 0 Å². The minimum Gasteiger partial charge on any atom is -0.382 e. The summed E-state index contributed by atoms with van der Waals surface area (Å²) in [6.07, 6.45) is 0.244. The van der Waals surface area contributed by atoms with Crippen molar-refractivity contribution < 1.29 is 23.7 Å². The number of hydrogen-bond donors (Lipinski definition) is 0. The van der Waals surface area contributed by atoms with E-state index in [0.717, 1.165) is 0 Å². The molecule has 2 atom stereocenters. The summed E-state index contributed by atoms with van der Waals surface area (Å²) in [6.45, 7) is 5.57. The van der Waals surface area contributed by atoms with E-state index in [1.54, 1.807) is 7.11 Å². The van der Waals surface area contributed by atoms with Crippen molar-refractivity contribution in [1.82, 2.24) is 0 Å². The van der Waals surface area contributed by atoms with Gasteiger partial charge in [-0.05, 0) is 6.92 Å². The van der Waals surface area contributed by atoms with Crippen LogP contribution >= 0.6 is 0 Å². The summed E-state index contributed by atoms with van der Waals surface area (Å²) in [5, 5.41) is 0. The summed E-state index contributed by atoms with van der Waals surface area (Å²) in [5.41, 5.74) is 0. The predicted molar refractivity (Wildman–Crippen MR) is 53.8 cm³/mol. The van der Waals surface area contributed by atoms with E-state index in [2.05, 4.69) is 0 Å². The van der Waals surface area contributed by atoms with Crippen molar-refractivity contribution in [2.24, 2.45) is 0 Å². The van der Waals surface area contributed by atoms with Crippen LogP contribution in [0.1, 0.15) is 6.92 Å². The molecule has 0 bridgehead atoms. The molecule has 1 fully saturated rings. The number of methoxy groups -OCH3 is 1. The Hall–Kier alpha value is -0.200. The van der Waals surface area contributed by atoms with E-state index in [-0.39, 0.29) is 12.4 Å². The van der Waals surface area contributed by atoms with E-state index in [0.29, 0.717) is 39.6 Å². The first-order valence-corrected chi connectivity index (χ1v) is 5.26. The van der Waals surface area contributed by atoms with Gasteiger partial charge in [0.2, 0.25) is 0 Å². The third-order valence-corrected chi connectivity index (χ3v) is 1.97. The second-order valence-electron chi connectivity index (χ2n) is 3.30. The van der Waals surface area contributed by atoms with Crippen LogP contribution in [-0.2, 0) is 23.7 Å². The molecule has 0 radical (unpaired) electrons. The van der Waals surface area contributed by atoms with Crippen LogP contribution in [-0.4, -0.2) is 59.1 Å². The summed E-state index contributed by atoms with van der Waals surface area (Å²) in [6, 6.07) is 0. The third-order valence-electron chi connectivity index (χ3n) is 1.97. The molecule has 5 nitrogen and oxygen atoms in total. The maximum Gasteiger partial charge on any atom is 0.184 e. The topological polar surface area (TPSA) is 49.5 Å². The lowest BCUT2D eigenvalue weighted by Crippen LogP contribution is -2.12. The smallest absolute Gasteiger partial charge is 0.184 e. The van der Waals surface area contributed by atoms with Crippen molar-refractivity contribution in [3.63, 3.8) is 0 Å². The highest BCUT2D eigenvalue weighted by Crippen LogP contribution is 2.21. The molecule has 0 aromatic heterocycles. The van der Waals surface area contributed by atoms with Gasteiger partial charge in [0.15, 0.2) is 6.29 Å². The first kappa shape index (κ1) is 12.9. The van der Waals surface area contributed by atoms with E-state index in [1.165, 1.54) is 0 Å². The Morgan fingerprint density at radius 2 is 1.47 bits per heavy atom. The molecule has 0 aliphatic carbocycles. The van der Waals surface area contributed by atoms with E-state index in [4.69, 9.17) is 23.7 Å². The van der Waals surface area contributed by atoms with Crippen molar-refractivity contribution in [2.45, 2.75) is 19.3 Å². The summed E-state index contributed by atoms with van der Waals surface area (Å²) >= 11 is 0. The van der Waals surface area contributed by atoms with E-state index >= 15 is 0 Å². The largest absolute Gasteiger partial charge is 0.382 e. The molecule has 90 valence electrons. The number of ether oxygens (including phenoxy) is 5. The van der Waals surface area contributed by atoms with Crippen LogP contribution < -0.4 is 0 Å². The molecular weight excluding hydrogens is 200 g/mol. The number of epoxide rings is 1. The molecule has 0 saturated carbocycles. The van der Waals surface area contributed by atoms with Crippen LogP contribution in [0, 0.1) is 0 Å². The molecule has 0 amide bonds. The Morgan fingerprint density at radius 1 is 0.933 bits per heavy atom. The molecule has 1 aliphatic heterocycles. The van der Waals surface area contributed by atoms with Crippen LogP contribution in [0.4, 0.5) is 0 Å². The van der Waals surface area contributed by atoms with Crippen LogP contribution in [0.15, 0.2) is 0 Å². The summed E-state index contributed by atoms with van der Waals surface area (Å²) in [7, 11) is 1.65. The summed E-state index contributed by atoms with van der Waals surface area (Å²) < 4.78 is 25.7. The SMILES string of the molecule is COCCOCCOCCOC1OC1C. The third kappa shape index (κ3) is 6.81. The van der Waals surface area contributed by atoms with Crippen molar-refractivity contribution in [3.8, 4) is 0 Å². The maximum absolute atomic E-state index is 5.30. The summed E-state index contributed by atoms with van der Waals surface area (Å²) in [4.78, 5) is 0. The number of rotatable bonds is 10. The minimum atomic E-state index is -0.00782. The van der Waals surface area contributed by atoms with Crippen molar-refractivity contribution in [2.75, 3.05) is 46.8 Å². The fourth-order valence-corrected chi connectivity index (χ4v) is 1.03. The second kappa shape index (κ2) is 8.01. The quantitative estimate of drug-likeness (QED) is 0.394. The molecule has 2 unspecified atom stereocenters. The maximum atomic E-state index is 5.30. The zero-order chi connectivity index (χ0) is 10.9. The van der Waals surface area contributed by atoms with Gasteiger partial charge >= 0.3 is 0 Å². The average Bonchev–Trinajstić information content (AvgIpc) is 2.92. The Balaban J connectivity index is 1.66. The van der Waals surface area contributed by atoms with Gasteiger partial charge in [0.25, 0.3) is 0 Å².